The Morgan fingerprint density at radius 2 is 2.00 bits per heavy atom. The lowest BCUT2D eigenvalue weighted by Crippen LogP contribution is -2.23. The van der Waals surface area contributed by atoms with Crippen molar-refractivity contribution < 1.29 is 9.59 Å². The predicted octanol–water partition coefficient (Wildman–Crippen LogP) is 2.79. The summed E-state index contributed by atoms with van der Waals surface area (Å²) in [7, 11) is 0. The quantitative estimate of drug-likeness (QED) is 0.936. The van der Waals surface area contributed by atoms with Crippen molar-refractivity contribution in [2.75, 3.05) is 16.8 Å². The topological polar surface area (TPSA) is 75.2 Å². The lowest BCUT2D eigenvalue weighted by atomic mass is 10.2. The van der Waals surface area contributed by atoms with Crippen LogP contribution in [0, 0.1) is 0 Å². The van der Waals surface area contributed by atoms with Gasteiger partial charge in [-0.1, -0.05) is 11.3 Å². The van der Waals surface area contributed by atoms with E-state index >= 15 is 0 Å². The van der Waals surface area contributed by atoms with Crippen molar-refractivity contribution >= 4 is 34.0 Å². The summed E-state index contributed by atoms with van der Waals surface area (Å²) in [6.45, 7) is 0.749. The molecule has 0 radical (unpaired) electrons. The molecule has 0 atom stereocenters. The van der Waals surface area contributed by atoms with E-state index < -0.39 is 0 Å². The average molecular weight is 328 g/mol. The zero-order chi connectivity index (χ0) is 15.8. The number of benzene rings is 1. The molecule has 1 saturated carbocycles. The van der Waals surface area contributed by atoms with E-state index in [2.05, 4.69) is 15.5 Å². The molecule has 118 valence electrons. The van der Waals surface area contributed by atoms with E-state index in [1.165, 1.54) is 24.2 Å². The highest BCUT2D eigenvalue weighted by Crippen LogP contribution is 2.42. The van der Waals surface area contributed by atoms with Crippen molar-refractivity contribution in [3.8, 4) is 0 Å². The van der Waals surface area contributed by atoms with Gasteiger partial charge in [-0.15, -0.1) is 10.2 Å². The van der Waals surface area contributed by atoms with Crippen LogP contribution in [0.4, 0.5) is 10.8 Å². The van der Waals surface area contributed by atoms with Gasteiger partial charge in [0.2, 0.25) is 11.0 Å². The number of amides is 2. The highest BCUT2D eigenvalue weighted by Gasteiger charge is 2.28. The molecule has 1 aromatic carbocycles. The molecule has 2 heterocycles. The molecule has 7 heteroatoms. The molecule has 1 aliphatic heterocycles. The Morgan fingerprint density at radius 3 is 2.65 bits per heavy atom. The third-order valence-corrected chi connectivity index (χ3v) is 5.10. The first-order chi connectivity index (χ1) is 11.2. The van der Waals surface area contributed by atoms with Crippen LogP contribution in [0.15, 0.2) is 24.3 Å². The van der Waals surface area contributed by atoms with Gasteiger partial charge in [-0.3, -0.25) is 14.9 Å². The fourth-order valence-electron chi connectivity index (χ4n) is 2.66. The van der Waals surface area contributed by atoms with Gasteiger partial charge in [0.05, 0.1) is 0 Å². The van der Waals surface area contributed by atoms with Gasteiger partial charge in [-0.25, -0.2) is 0 Å². The second kappa shape index (κ2) is 5.73. The predicted molar refractivity (Wildman–Crippen MR) is 87.9 cm³/mol. The maximum Gasteiger partial charge on any atom is 0.257 e. The van der Waals surface area contributed by atoms with E-state index in [4.69, 9.17) is 0 Å². The van der Waals surface area contributed by atoms with E-state index in [1.807, 2.05) is 12.1 Å². The van der Waals surface area contributed by atoms with Crippen LogP contribution in [0.3, 0.4) is 0 Å². The molecular formula is C16H16N4O2S. The summed E-state index contributed by atoms with van der Waals surface area (Å²) in [5.74, 6) is 0.474. The van der Waals surface area contributed by atoms with Gasteiger partial charge in [0.1, 0.15) is 5.01 Å². The van der Waals surface area contributed by atoms with Crippen molar-refractivity contribution in [1.82, 2.24) is 10.2 Å². The molecule has 2 aromatic rings. The smallest absolute Gasteiger partial charge is 0.257 e. The summed E-state index contributed by atoms with van der Waals surface area (Å²) in [6.07, 6.45) is 3.82. The first-order valence-electron chi connectivity index (χ1n) is 7.76. The molecule has 0 unspecified atom stereocenters. The van der Waals surface area contributed by atoms with Gasteiger partial charge in [0.15, 0.2) is 0 Å². The first-order valence-corrected chi connectivity index (χ1v) is 8.57. The van der Waals surface area contributed by atoms with E-state index in [0.29, 0.717) is 23.0 Å². The van der Waals surface area contributed by atoms with Crippen LogP contribution in [0.2, 0.25) is 0 Å². The first kappa shape index (κ1) is 14.3. The Balaban J connectivity index is 1.44. The fraction of sp³-hybridized carbons (Fsp3) is 0.375. The van der Waals surface area contributed by atoms with Gasteiger partial charge in [0.25, 0.3) is 5.91 Å². The van der Waals surface area contributed by atoms with Gasteiger partial charge < -0.3 is 4.90 Å². The van der Waals surface area contributed by atoms with E-state index in [0.717, 1.165) is 23.7 Å². The number of anilines is 2. The van der Waals surface area contributed by atoms with Gasteiger partial charge in [0, 0.05) is 30.1 Å². The highest BCUT2D eigenvalue weighted by atomic mass is 32.1. The van der Waals surface area contributed by atoms with Crippen LogP contribution in [0.25, 0.3) is 0 Å². The molecule has 23 heavy (non-hydrogen) atoms. The standard InChI is InChI=1S/C16H16N4O2S/c21-13-2-1-9-20(13)12-7-5-10(6-8-12)14(22)17-16-19-18-15(23-16)11-3-4-11/h5-8,11H,1-4,9H2,(H,17,19,22). The summed E-state index contributed by atoms with van der Waals surface area (Å²) in [6, 6.07) is 7.10. The van der Waals surface area contributed by atoms with Crippen LogP contribution in [0.1, 0.15) is 47.0 Å². The van der Waals surface area contributed by atoms with Crippen molar-refractivity contribution in [2.45, 2.75) is 31.6 Å². The summed E-state index contributed by atoms with van der Waals surface area (Å²) in [5, 5.41) is 12.5. The largest absolute Gasteiger partial charge is 0.312 e. The number of nitrogens with zero attached hydrogens (tertiary/aromatic N) is 3. The van der Waals surface area contributed by atoms with Gasteiger partial charge >= 0.3 is 0 Å². The number of carbonyl (C=O) groups excluding carboxylic acids is 2. The number of rotatable bonds is 4. The average Bonchev–Trinajstić information content (AvgIpc) is 3.16. The van der Waals surface area contributed by atoms with Gasteiger partial charge in [-0.2, -0.15) is 0 Å². The summed E-state index contributed by atoms with van der Waals surface area (Å²) >= 11 is 1.44. The summed E-state index contributed by atoms with van der Waals surface area (Å²) < 4.78 is 0. The minimum atomic E-state index is -0.206. The number of aromatic nitrogens is 2. The zero-order valence-corrected chi connectivity index (χ0v) is 13.3. The van der Waals surface area contributed by atoms with Gasteiger partial charge in [-0.05, 0) is 43.5 Å². The van der Waals surface area contributed by atoms with Crippen molar-refractivity contribution in [3.63, 3.8) is 0 Å². The molecule has 0 bridgehead atoms. The van der Waals surface area contributed by atoms with Crippen LogP contribution in [-0.2, 0) is 4.79 Å². The number of hydrogen-bond acceptors (Lipinski definition) is 5. The molecule has 2 fully saturated rings. The molecule has 1 aliphatic carbocycles. The minimum absolute atomic E-state index is 0.142. The van der Waals surface area contributed by atoms with E-state index in [-0.39, 0.29) is 11.8 Å². The normalized spacial score (nSPS) is 17.6. The van der Waals surface area contributed by atoms with Crippen molar-refractivity contribution in [1.29, 1.82) is 0 Å². The third kappa shape index (κ3) is 2.96. The zero-order valence-electron chi connectivity index (χ0n) is 12.5. The third-order valence-electron chi connectivity index (χ3n) is 4.10. The monoisotopic (exact) mass is 328 g/mol. The Kier molecular flexibility index (Phi) is 3.57. The van der Waals surface area contributed by atoms with Crippen LogP contribution in [0.5, 0.6) is 0 Å². The molecule has 2 aliphatic rings. The van der Waals surface area contributed by atoms with Crippen LogP contribution >= 0.6 is 11.3 Å². The molecular weight excluding hydrogens is 312 g/mol. The van der Waals surface area contributed by atoms with Crippen molar-refractivity contribution in [3.05, 3.63) is 34.8 Å². The molecule has 4 rings (SSSR count). The van der Waals surface area contributed by atoms with Crippen molar-refractivity contribution in [2.24, 2.45) is 0 Å². The SMILES string of the molecule is O=C(Nc1nnc(C2CC2)s1)c1ccc(N2CCCC2=O)cc1. The van der Waals surface area contributed by atoms with Crippen LogP contribution < -0.4 is 10.2 Å². The van der Waals surface area contributed by atoms with E-state index in [9.17, 15) is 9.59 Å². The Labute approximate surface area is 137 Å². The second-order valence-corrected chi connectivity index (χ2v) is 6.88. The Morgan fingerprint density at radius 1 is 1.22 bits per heavy atom. The second-order valence-electron chi connectivity index (χ2n) is 5.87. The lowest BCUT2D eigenvalue weighted by molar-refractivity contribution is -0.117. The lowest BCUT2D eigenvalue weighted by Gasteiger charge is -2.15. The maximum absolute atomic E-state index is 12.3. The molecule has 1 N–H and O–H groups in total. The molecule has 1 saturated heterocycles. The summed E-state index contributed by atoms with van der Waals surface area (Å²) in [5.41, 5.74) is 1.39. The number of hydrogen-bond donors (Lipinski definition) is 1. The molecule has 0 spiro atoms. The maximum atomic E-state index is 12.3. The number of carbonyl (C=O) groups is 2. The molecule has 1 aromatic heterocycles. The number of nitrogens with one attached hydrogen (secondary N) is 1. The Hall–Kier alpha value is -2.28. The van der Waals surface area contributed by atoms with E-state index in [1.54, 1.807) is 17.0 Å². The fourth-order valence-corrected chi connectivity index (χ4v) is 3.57. The molecule has 6 nitrogen and oxygen atoms in total. The Bertz CT molecular complexity index is 752. The van der Waals surface area contributed by atoms with Crippen LogP contribution in [-0.4, -0.2) is 28.6 Å². The minimum Gasteiger partial charge on any atom is -0.312 e. The highest BCUT2D eigenvalue weighted by molar-refractivity contribution is 7.15. The molecule has 2 amide bonds. The summed E-state index contributed by atoms with van der Waals surface area (Å²) in [4.78, 5) is 25.7.